The quantitative estimate of drug-likeness (QED) is 0.900. The van der Waals surface area contributed by atoms with Gasteiger partial charge in [-0.15, -0.1) is 0 Å². The topological polar surface area (TPSA) is 83.9 Å². The molecular weight excluding hydrogens is 282 g/mol. The van der Waals surface area contributed by atoms with Crippen molar-refractivity contribution in [1.29, 1.82) is 0 Å². The van der Waals surface area contributed by atoms with Crippen LogP contribution < -0.4 is 0 Å². The first-order valence-electron chi connectivity index (χ1n) is 6.23. The molecular formula is C13H17NO5S. The standard InChI is InChI=1S/C13H17NO5S/c1-9-3-4-11(7-12(9)13(15)16)20(17,18)14-6-5-10(8-14)19-2/h3-4,7,10H,5-6,8H2,1-2H3,(H,15,16). The molecule has 1 aliphatic rings. The van der Waals surface area contributed by atoms with Crippen LogP contribution in [-0.4, -0.2) is 50.1 Å². The molecule has 0 radical (unpaired) electrons. The zero-order valence-electron chi connectivity index (χ0n) is 11.4. The van der Waals surface area contributed by atoms with Crippen molar-refractivity contribution in [3.05, 3.63) is 29.3 Å². The third kappa shape index (κ3) is 2.70. The molecule has 1 aromatic rings. The Morgan fingerprint density at radius 2 is 2.15 bits per heavy atom. The molecule has 1 unspecified atom stereocenters. The van der Waals surface area contributed by atoms with Gasteiger partial charge in [0, 0.05) is 20.2 Å². The second kappa shape index (κ2) is 5.51. The summed E-state index contributed by atoms with van der Waals surface area (Å²) in [6.45, 7) is 2.32. The van der Waals surface area contributed by atoms with E-state index in [2.05, 4.69) is 0 Å². The summed E-state index contributed by atoms with van der Waals surface area (Å²) in [6.07, 6.45) is 0.544. The number of aryl methyl sites for hydroxylation is 1. The van der Waals surface area contributed by atoms with Crippen molar-refractivity contribution in [2.45, 2.75) is 24.3 Å². The van der Waals surface area contributed by atoms with Gasteiger partial charge in [0.25, 0.3) is 0 Å². The first-order valence-corrected chi connectivity index (χ1v) is 7.67. The Morgan fingerprint density at radius 3 is 2.70 bits per heavy atom. The molecule has 1 fully saturated rings. The van der Waals surface area contributed by atoms with Crippen LogP contribution in [0.25, 0.3) is 0 Å². The van der Waals surface area contributed by atoms with Crippen LogP contribution in [-0.2, 0) is 14.8 Å². The number of methoxy groups -OCH3 is 1. The van der Waals surface area contributed by atoms with Crippen molar-refractivity contribution in [3.63, 3.8) is 0 Å². The third-order valence-corrected chi connectivity index (χ3v) is 5.38. The van der Waals surface area contributed by atoms with Gasteiger partial charge in [-0.05, 0) is 31.0 Å². The van der Waals surface area contributed by atoms with Crippen molar-refractivity contribution < 1.29 is 23.1 Å². The number of hydrogen-bond acceptors (Lipinski definition) is 4. The first kappa shape index (κ1) is 15.0. The van der Waals surface area contributed by atoms with Gasteiger partial charge in [0.1, 0.15) is 0 Å². The van der Waals surface area contributed by atoms with Crippen LogP contribution in [0, 0.1) is 6.92 Å². The molecule has 1 aromatic carbocycles. The highest BCUT2D eigenvalue weighted by molar-refractivity contribution is 7.89. The predicted octanol–water partition coefficient (Wildman–Crippen LogP) is 1.10. The van der Waals surface area contributed by atoms with Crippen molar-refractivity contribution in [1.82, 2.24) is 4.31 Å². The molecule has 0 amide bonds. The number of nitrogens with zero attached hydrogens (tertiary/aromatic N) is 1. The van der Waals surface area contributed by atoms with Crippen LogP contribution in [0.15, 0.2) is 23.1 Å². The number of sulfonamides is 1. The van der Waals surface area contributed by atoms with Gasteiger partial charge < -0.3 is 9.84 Å². The molecule has 0 aliphatic carbocycles. The van der Waals surface area contributed by atoms with E-state index in [-0.39, 0.29) is 16.6 Å². The highest BCUT2D eigenvalue weighted by Gasteiger charge is 2.33. The number of carboxylic acids is 1. The van der Waals surface area contributed by atoms with Crippen LogP contribution in [0.3, 0.4) is 0 Å². The second-order valence-corrected chi connectivity index (χ2v) is 6.73. The second-order valence-electron chi connectivity index (χ2n) is 4.79. The highest BCUT2D eigenvalue weighted by Crippen LogP contribution is 2.24. The summed E-state index contributed by atoms with van der Waals surface area (Å²) in [5, 5.41) is 9.07. The Balaban J connectivity index is 2.35. The lowest BCUT2D eigenvalue weighted by Crippen LogP contribution is -2.30. The van der Waals surface area contributed by atoms with Gasteiger partial charge >= 0.3 is 5.97 Å². The zero-order valence-corrected chi connectivity index (χ0v) is 12.2. The van der Waals surface area contributed by atoms with Gasteiger partial charge in [0.05, 0.1) is 16.6 Å². The lowest BCUT2D eigenvalue weighted by molar-refractivity contribution is 0.0696. The minimum Gasteiger partial charge on any atom is -0.478 e. The van der Waals surface area contributed by atoms with E-state index in [0.717, 1.165) is 0 Å². The summed E-state index contributed by atoms with van der Waals surface area (Å²) in [7, 11) is -2.11. The predicted molar refractivity (Wildman–Crippen MR) is 72.3 cm³/mol. The number of carboxylic acid groups (broad SMARTS) is 1. The number of ether oxygens (including phenoxy) is 1. The molecule has 0 bridgehead atoms. The summed E-state index contributed by atoms with van der Waals surface area (Å²) < 4.78 is 31.4. The molecule has 1 heterocycles. The van der Waals surface area contributed by atoms with Crippen LogP contribution in [0.4, 0.5) is 0 Å². The van der Waals surface area contributed by atoms with Gasteiger partial charge in [-0.25, -0.2) is 13.2 Å². The van der Waals surface area contributed by atoms with Gasteiger partial charge in [-0.1, -0.05) is 6.07 Å². The van der Waals surface area contributed by atoms with E-state index in [1.807, 2.05) is 0 Å². The maximum absolute atomic E-state index is 12.5. The molecule has 0 saturated carbocycles. The van der Waals surface area contributed by atoms with Gasteiger partial charge in [-0.2, -0.15) is 4.31 Å². The van der Waals surface area contributed by atoms with E-state index in [4.69, 9.17) is 9.84 Å². The molecule has 1 atom stereocenters. The molecule has 2 rings (SSSR count). The van der Waals surface area contributed by atoms with E-state index in [1.165, 1.54) is 22.5 Å². The molecule has 20 heavy (non-hydrogen) atoms. The Labute approximate surface area is 118 Å². The van der Waals surface area contributed by atoms with Gasteiger partial charge in [0.2, 0.25) is 10.0 Å². The molecule has 0 spiro atoms. The minimum absolute atomic E-state index is 0.00793. The van der Waals surface area contributed by atoms with Crippen LogP contribution in [0.2, 0.25) is 0 Å². The Hall–Kier alpha value is -1.44. The monoisotopic (exact) mass is 299 g/mol. The number of hydrogen-bond donors (Lipinski definition) is 1. The summed E-state index contributed by atoms with van der Waals surface area (Å²) in [4.78, 5) is 11.1. The molecule has 0 aromatic heterocycles. The molecule has 110 valence electrons. The van der Waals surface area contributed by atoms with Crippen LogP contribution >= 0.6 is 0 Å². The fraction of sp³-hybridized carbons (Fsp3) is 0.462. The fourth-order valence-corrected chi connectivity index (χ4v) is 3.76. The Bertz CT molecular complexity index is 626. The Morgan fingerprint density at radius 1 is 1.45 bits per heavy atom. The van der Waals surface area contributed by atoms with Gasteiger partial charge in [0.15, 0.2) is 0 Å². The Kier molecular flexibility index (Phi) is 4.12. The first-order chi connectivity index (χ1) is 9.36. The van der Waals surface area contributed by atoms with Crippen LogP contribution in [0.5, 0.6) is 0 Å². The third-order valence-electron chi connectivity index (χ3n) is 3.52. The molecule has 6 nitrogen and oxygen atoms in total. The van der Waals surface area contributed by atoms with E-state index in [0.29, 0.717) is 25.1 Å². The van der Waals surface area contributed by atoms with Crippen molar-refractivity contribution in [3.8, 4) is 0 Å². The van der Waals surface area contributed by atoms with E-state index >= 15 is 0 Å². The van der Waals surface area contributed by atoms with Gasteiger partial charge in [-0.3, -0.25) is 0 Å². The van der Waals surface area contributed by atoms with E-state index in [9.17, 15) is 13.2 Å². The SMILES string of the molecule is COC1CCN(S(=O)(=O)c2ccc(C)c(C(=O)O)c2)C1. The number of rotatable bonds is 4. The normalized spacial score (nSPS) is 20.2. The molecule has 1 N–H and O–H groups in total. The van der Waals surface area contributed by atoms with Crippen LogP contribution in [0.1, 0.15) is 22.3 Å². The smallest absolute Gasteiger partial charge is 0.335 e. The summed E-state index contributed by atoms with van der Waals surface area (Å²) in [6, 6.07) is 4.17. The minimum atomic E-state index is -3.66. The molecule has 1 saturated heterocycles. The zero-order chi connectivity index (χ0) is 14.9. The number of carbonyl (C=O) groups is 1. The average Bonchev–Trinajstić information content (AvgIpc) is 2.88. The summed E-state index contributed by atoms with van der Waals surface area (Å²) in [5.41, 5.74) is 0.543. The lowest BCUT2D eigenvalue weighted by atomic mass is 10.1. The lowest BCUT2D eigenvalue weighted by Gasteiger charge is -2.17. The molecule has 1 aliphatic heterocycles. The average molecular weight is 299 g/mol. The largest absolute Gasteiger partial charge is 0.478 e. The maximum Gasteiger partial charge on any atom is 0.335 e. The molecule has 7 heteroatoms. The van der Waals surface area contributed by atoms with Crippen molar-refractivity contribution in [2.24, 2.45) is 0 Å². The van der Waals surface area contributed by atoms with E-state index < -0.39 is 16.0 Å². The highest BCUT2D eigenvalue weighted by atomic mass is 32.2. The summed E-state index contributed by atoms with van der Waals surface area (Å²) in [5.74, 6) is -1.13. The number of aromatic carboxylic acids is 1. The van der Waals surface area contributed by atoms with Crippen molar-refractivity contribution >= 4 is 16.0 Å². The number of benzene rings is 1. The van der Waals surface area contributed by atoms with Crippen molar-refractivity contribution in [2.75, 3.05) is 20.2 Å². The summed E-state index contributed by atoms with van der Waals surface area (Å²) >= 11 is 0. The van der Waals surface area contributed by atoms with E-state index in [1.54, 1.807) is 14.0 Å². The maximum atomic E-state index is 12.5. The fourth-order valence-electron chi connectivity index (χ4n) is 2.25.